The number of nitrogens with one attached hydrogen (secondary N) is 2. The van der Waals surface area contributed by atoms with Gasteiger partial charge in [0.1, 0.15) is 0 Å². The first kappa shape index (κ1) is 19.9. The van der Waals surface area contributed by atoms with Gasteiger partial charge in [0.15, 0.2) is 0 Å². The maximum atomic E-state index is 12.4. The number of thiophene rings is 1. The summed E-state index contributed by atoms with van der Waals surface area (Å²) in [7, 11) is 0. The molecule has 0 bridgehead atoms. The topological polar surface area (TPSA) is 61.4 Å². The SMILES string of the molecule is Cc1cc(NC(=O)C(C)(C)C)sc1C(=O)NCCCN1CCCCC1. The second-order valence-electron chi connectivity index (χ2n) is 7.84. The van der Waals surface area contributed by atoms with Crippen LogP contribution in [0, 0.1) is 12.3 Å². The van der Waals surface area contributed by atoms with Crippen molar-refractivity contribution in [3.8, 4) is 0 Å². The zero-order valence-electron chi connectivity index (χ0n) is 15.9. The van der Waals surface area contributed by atoms with Crippen LogP contribution in [0.4, 0.5) is 5.00 Å². The second-order valence-corrected chi connectivity index (χ2v) is 8.89. The lowest BCUT2D eigenvalue weighted by molar-refractivity contribution is -0.123. The molecule has 0 saturated carbocycles. The smallest absolute Gasteiger partial charge is 0.261 e. The lowest BCUT2D eigenvalue weighted by Crippen LogP contribution is -2.33. The Balaban J connectivity index is 1.80. The van der Waals surface area contributed by atoms with Crippen LogP contribution in [-0.2, 0) is 4.79 Å². The van der Waals surface area contributed by atoms with E-state index in [2.05, 4.69) is 15.5 Å². The molecule has 1 fully saturated rings. The molecule has 0 radical (unpaired) electrons. The van der Waals surface area contributed by atoms with Crippen LogP contribution in [-0.4, -0.2) is 42.9 Å². The first-order valence-electron chi connectivity index (χ1n) is 9.20. The number of likely N-dealkylation sites (tertiary alicyclic amines) is 1. The zero-order valence-corrected chi connectivity index (χ0v) is 16.7. The second kappa shape index (κ2) is 8.81. The summed E-state index contributed by atoms with van der Waals surface area (Å²) in [4.78, 5) is 27.6. The molecule has 1 aromatic rings. The average Bonchev–Trinajstić information content (AvgIpc) is 2.92. The molecule has 0 unspecified atom stereocenters. The van der Waals surface area contributed by atoms with Crippen LogP contribution in [0.1, 0.15) is 61.7 Å². The number of rotatable bonds is 6. The predicted molar refractivity (Wildman–Crippen MR) is 104 cm³/mol. The van der Waals surface area contributed by atoms with E-state index in [4.69, 9.17) is 0 Å². The molecule has 2 N–H and O–H groups in total. The van der Waals surface area contributed by atoms with E-state index in [1.165, 1.54) is 43.7 Å². The quantitative estimate of drug-likeness (QED) is 0.757. The van der Waals surface area contributed by atoms with E-state index in [1.54, 1.807) is 0 Å². The molecule has 0 aromatic carbocycles. The number of hydrogen-bond donors (Lipinski definition) is 2. The lowest BCUT2D eigenvalue weighted by atomic mass is 9.96. The third-order valence-electron chi connectivity index (χ3n) is 4.43. The number of carbonyl (C=O) groups excluding carboxylic acids is 2. The first-order valence-corrected chi connectivity index (χ1v) is 10.0. The monoisotopic (exact) mass is 365 g/mol. The van der Waals surface area contributed by atoms with E-state index in [1.807, 2.05) is 33.8 Å². The van der Waals surface area contributed by atoms with E-state index in [9.17, 15) is 9.59 Å². The lowest BCUT2D eigenvalue weighted by Gasteiger charge is -2.26. The number of piperidine rings is 1. The molecule has 0 spiro atoms. The van der Waals surface area contributed by atoms with E-state index < -0.39 is 5.41 Å². The number of carbonyl (C=O) groups is 2. The molecule has 5 nitrogen and oxygen atoms in total. The van der Waals surface area contributed by atoms with Crippen LogP contribution in [0.25, 0.3) is 0 Å². The van der Waals surface area contributed by atoms with Crippen molar-refractivity contribution in [3.05, 3.63) is 16.5 Å². The van der Waals surface area contributed by atoms with Gasteiger partial charge in [-0.1, -0.05) is 27.2 Å². The van der Waals surface area contributed by atoms with Gasteiger partial charge in [0.05, 0.1) is 9.88 Å². The first-order chi connectivity index (χ1) is 11.8. The highest BCUT2D eigenvalue weighted by Crippen LogP contribution is 2.28. The molecule has 1 aliphatic rings. The summed E-state index contributed by atoms with van der Waals surface area (Å²) in [5.41, 5.74) is 0.456. The molecule has 140 valence electrons. The third kappa shape index (κ3) is 6.12. The van der Waals surface area contributed by atoms with E-state index >= 15 is 0 Å². The number of hydrogen-bond acceptors (Lipinski definition) is 4. The summed E-state index contributed by atoms with van der Waals surface area (Å²) in [6.45, 7) is 11.7. The Morgan fingerprint density at radius 2 is 1.88 bits per heavy atom. The molecule has 1 aliphatic heterocycles. The van der Waals surface area contributed by atoms with E-state index in [0.717, 1.165) is 23.5 Å². The van der Waals surface area contributed by atoms with Gasteiger partial charge in [-0.05, 0) is 57.5 Å². The van der Waals surface area contributed by atoms with E-state index in [-0.39, 0.29) is 11.8 Å². The summed E-state index contributed by atoms with van der Waals surface area (Å²) in [5, 5.41) is 6.64. The normalized spacial score (nSPS) is 15.8. The Kier molecular flexibility index (Phi) is 7.02. The minimum Gasteiger partial charge on any atom is -0.351 e. The summed E-state index contributed by atoms with van der Waals surface area (Å²) in [6, 6.07) is 1.87. The largest absolute Gasteiger partial charge is 0.351 e. The van der Waals surface area contributed by atoms with Gasteiger partial charge in [0.2, 0.25) is 5.91 Å². The standard InChI is InChI=1S/C19H31N3O2S/c1-14-13-15(21-18(24)19(2,3)4)25-16(14)17(23)20-9-8-12-22-10-6-5-7-11-22/h13H,5-12H2,1-4H3,(H,20,23)(H,21,24). The number of amides is 2. The van der Waals surface area contributed by atoms with Crippen molar-refractivity contribution < 1.29 is 9.59 Å². The van der Waals surface area contributed by atoms with Crippen molar-refractivity contribution in [3.63, 3.8) is 0 Å². The molecular formula is C19H31N3O2S. The molecule has 1 aromatic heterocycles. The maximum absolute atomic E-state index is 12.4. The fourth-order valence-corrected chi connectivity index (χ4v) is 3.82. The number of anilines is 1. The molecule has 2 amide bonds. The Bertz CT molecular complexity index is 598. The molecule has 2 rings (SSSR count). The van der Waals surface area contributed by atoms with Crippen molar-refractivity contribution in [2.45, 2.75) is 53.4 Å². The van der Waals surface area contributed by atoms with Crippen molar-refractivity contribution >= 4 is 28.2 Å². The Morgan fingerprint density at radius 3 is 2.52 bits per heavy atom. The van der Waals surface area contributed by atoms with Gasteiger partial charge in [-0.2, -0.15) is 0 Å². The van der Waals surface area contributed by atoms with Crippen LogP contribution in [0.15, 0.2) is 6.07 Å². The number of aryl methyl sites for hydroxylation is 1. The Morgan fingerprint density at radius 1 is 1.20 bits per heavy atom. The van der Waals surface area contributed by atoms with Crippen LogP contribution in [0.3, 0.4) is 0 Å². The van der Waals surface area contributed by atoms with Crippen LogP contribution in [0.2, 0.25) is 0 Å². The minimum atomic E-state index is -0.450. The highest BCUT2D eigenvalue weighted by molar-refractivity contribution is 7.18. The molecule has 6 heteroatoms. The summed E-state index contributed by atoms with van der Waals surface area (Å²) in [6.07, 6.45) is 4.91. The van der Waals surface area contributed by atoms with Crippen molar-refractivity contribution in [1.82, 2.24) is 10.2 Å². The Labute approximate surface area is 155 Å². The van der Waals surface area contributed by atoms with Gasteiger partial charge >= 0.3 is 0 Å². The summed E-state index contributed by atoms with van der Waals surface area (Å²) >= 11 is 1.34. The molecule has 0 aliphatic carbocycles. The van der Waals surface area contributed by atoms with Crippen LogP contribution in [0.5, 0.6) is 0 Å². The molecule has 0 atom stereocenters. The van der Waals surface area contributed by atoms with Gasteiger partial charge in [-0.15, -0.1) is 11.3 Å². The fraction of sp³-hybridized carbons (Fsp3) is 0.684. The van der Waals surface area contributed by atoms with Crippen LogP contribution < -0.4 is 10.6 Å². The average molecular weight is 366 g/mol. The van der Waals surface area contributed by atoms with Gasteiger partial charge in [0, 0.05) is 12.0 Å². The van der Waals surface area contributed by atoms with Crippen molar-refractivity contribution in [1.29, 1.82) is 0 Å². The maximum Gasteiger partial charge on any atom is 0.261 e. The third-order valence-corrected chi connectivity index (χ3v) is 5.58. The van der Waals surface area contributed by atoms with Crippen molar-refractivity contribution in [2.75, 3.05) is 31.5 Å². The highest BCUT2D eigenvalue weighted by atomic mass is 32.1. The molecule has 25 heavy (non-hydrogen) atoms. The van der Waals surface area contributed by atoms with Gasteiger partial charge in [-0.3, -0.25) is 9.59 Å². The molecule has 1 saturated heterocycles. The summed E-state index contributed by atoms with van der Waals surface area (Å²) < 4.78 is 0. The van der Waals surface area contributed by atoms with Gasteiger partial charge < -0.3 is 15.5 Å². The predicted octanol–water partition coefficient (Wildman–Crippen LogP) is 3.65. The summed E-state index contributed by atoms with van der Waals surface area (Å²) in [5.74, 6) is -0.0837. The van der Waals surface area contributed by atoms with E-state index in [0.29, 0.717) is 11.4 Å². The molecule has 2 heterocycles. The molecular weight excluding hydrogens is 334 g/mol. The minimum absolute atomic E-state index is 0.0396. The van der Waals surface area contributed by atoms with Crippen molar-refractivity contribution in [2.24, 2.45) is 5.41 Å². The zero-order chi connectivity index (χ0) is 18.4. The van der Waals surface area contributed by atoms with Gasteiger partial charge in [-0.25, -0.2) is 0 Å². The van der Waals surface area contributed by atoms with Crippen LogP contribution >= 0.6 is 11.3 Å². The van der Waals surface area contributed by atoms with Gasteiger partial charge in [0.25, 0.3) is 5.91 Å². The highest BCUT2D eigenvalue weighted by Gasteiger charge is 2.23. The Hall–Kier alpha value is -1.40. The fourth-order valence-electron chi connectivity index (χ4n) is 2.84. The number of nitrogens with zero attached hydrogens (tertiary/aromatic N) is 1.